The third kappa shape index (κ3) is 4.88. The molecule has 0 aliphatic heterocycles. The lowest BCUT2D eigenvalue weighted by atomic mass is 9.92. The maximum absolute atomic E-state index is 11.5. The zero-order valence-electron chi connectivity index (χ0n) is 10.0. The van der Waals surface area contributed by atoms with Gasteiger partial charge < -0.3 is 10.1 Å². The van der Waals surface area contributed by atoms with Crippen LogP contribution >= 0.6 is 0 Å². The normalized spacial score (nSPS) is 25.3. The first-order valence-electron chi connectivity index (χ1n) is 5.52. The Morgan fingerprint density at radius 2 is 1.71 bits per heavy atom. The van der Waals surface area contributed by atoms with Gasteiger partial charge >= 0.3 is 16.3 Å². The Kier molecular flexibility index (Phi) is 5.16. The Morgan fingerprint density at radius 3 is 2.18 bits per heavy atom. The summed E-state index contributed by atoms with van der Waals surface area (Å²) in [6, 6.07) is 0.325. The maximum Gasteiger partial charge on any atom is 0.421 e. The van der Waals surface area contributed by atoms with Crippen molar-refractivity contribution in [2.24, 2.45) is 0 Å². The minimum absolute atomic E-state index is 0.123. The predicted octanol–water partition coefficient (Wildman–Crippen LogP) is -0.293. The van der Waals surface area contributed by atoms with Crippen LogP contribution in [0.15, 0.2) is 0 Å². The second-order valence-electron chi connectivity index (χ2n) is 4.05. The van der Waals surface area contributed by atoms with Gasteiger partial charge in [-0.2, -0.15) is 13.1 Å². The molecule has 1 fully saturated rings. The van der Waals surface area contributed by atoms with Crippen molar-refractivity contribution >= 4 is 16.3 Å². The molecule has 0 spiro atoms. The van der Waals surface area contributed by atoms with Crippen molar-refractivity contribution in [1.29, 1.82) is 0 Å². The number of carbonyl (C=O) groups is 1. The summed E-state index contributed by atoms with van der Waals surface area (Å²) in [5.41, 5.74) is 0. The van der Waals surface area contributed by atoms with Crippen molar-refractivity contribution in [2.75, 3.05) is 14.2 Å². The third-order valence-corrected chi connectivity index (χ3v) is 3.94. The Labute approximate surface area is 101 Å². The highest BCUT2D eigenvalue weighted by molar-refractivity contribution is 7.88. The quantitative estimate of drug-likeness (QED) is 0.649. The molecule has 0 radical (unpaired) electrons. The number of hydrogen-bond donors (Lipinski definition) is 3. The molecule has 0 aromatic carbocycles. The summed E-state index contributed by atoms with van der Waals surface area (Å²) in [7, 11) is -0.801. The Morgan fingerprint density at radius 1 is 1.18 bits per heavy atom. The zero-order valence-corrected chi connectivity index (χ0v) is 10.8. The van der Waals surface area contributed by atoms with Crippen molar-refractivity contribution in [1.82, 2.24) is 14.8 Å². The van der Waals surface area contributed by atoms with E-state index in [4.69, 9.17) is 0 Å². The summed E-state index contributed by atoms with van der Waals surface area (Å²) in [6.45, 7) is 0. The number of methoxy groups -OCH3 is 1. The number of amides is 1. The van der Waals surface area contributed by atoms with Crippen LogP contribution in [0.4, 0.5) is 4.79 Å². The fourth-order valence-corrected chi connectivity index (χ4v) is 2.94. The highest BCUT2D eigenvalue weighted by Crippen LogP contribution is 2.18. The molecule has 0 saturated heterocycles. The molecule has 1 amide bonds. The molecule has 1 aliphatic rings. The molecule has 1 aliphatic carbocycles. The van der Waals surface area contributed by atoms with Crippen LogP contribution in [0.1, 0.15) is 25.7 Å². The van der Waals surface area contributed by atoms with Gasteiger partial charge in [0, 0.05) is 12.1 Å². The van der Waals surface area contributed by atoms with Gasteiger partial charge in [-0.05, 0) is 32.7 Å². The number of nitrogens with one attached hydrogen (secondary N) is 3. The Hall–Kier alpha value is -0.860. The molecule has 7 nitrogen and oxygen atoms in total. The highest BCUT2D eigenvalue weighted by Gasteiger charge is 2.24. The van der Waals surface area contributed by atoms with Crippen LogP contribution in [0.25, 0.3) is 0 Å². The average Bonchev–Trinajstić information content (AvgIpc) is 2.28. The molecule has 1 rings (SSSR count). The molecular weight excluding hydrogens is 246 g/mol. The van der Waals surface area contributed by atoms with E-state index in [9.17, 15) is 13.2 Å². The molecule has 100 valence electrons. The first kappa shape index (κ1) is 14.2. The Bertz CT molecular complexity index is 349. The third-order valence-electron chi connectivity index (χ3n) is 2.86. The van der Waals surface area contributed by atoms with Crippen LogP contribution in [-0.2, 0) is 14.9 Å². The summed E-state index contributed by atoms with van der Waals surface area (Å²) in [6.07, 6.45) is 2.37. The van der Waals surface area contributed by atoms with E-state index < -0.39 is 16.3 Å². The van der Waals surface area contributed by atoms with E-state index in [1.807, 2.05) is 7.05 Å². The van der Waals surface area contributed by atoms with E-state index in [1.54, 1.807) is 4.72 Å². The van der Waals surface area contributed by atoms with Gasteiger partial charge in [0.05, 0.1) is 7.11 Å². The van der Waals surface area contributed by atoms with Gasteiger partial charge in [-0.1, -0.05) is 0 Å². The molecule has 3 N–H and O–H groups in total. The lowest BCUT2D eigenvalue weighted by Crippen LogP contribution is -2.47. The van der Waals surface area contributed by atoms with E-state index in [-0.39, 0.29) is 6.04 Å². The molecule has 0 heterocycles. The van der Waals surface area contributed by atoms with E-state index in [0.717, 1.165) is 32.8 Å². The minimum Gasteiger partial charge on any atom is -0.452 e. The fourth-order valence-electron chi connectivity index (χ4n) is 1.90. The molecule has 0 aromatic rings. The van der Waals surface area contributed by atoms with Gasteiger partial charge in [-0.15, -0.1) is 0 Å². The van der Waals surface area contributed by atoms with Crippen LogP contribution in [0.2, 0.25) is 0 Å². The topological polar surface area (TPSA) is 96.5 Å². The SMILES string of the molecule is CNC1CCC(NS(=O)(=O)NC(=O)OC)CC1. The van der Waals surface area contributed by atoms with E-state index in [0.29, 0.717) is 6.04 Å². The van der Waals surface area contributed by atoms with Crippen LogP contribution in [0.3, 0.4) is 0 Å². The highest BCUT2D eigenvalue weighted by atomic mass is 32.2. The minimum atomic E-state index is -3.81. The van der Waals surface area contributed by atoms with Gasteiger partial charge in [0.15, 0.2) is 0 Å². The summed E-state index contributed by atoms with van der Waals surface area (Å²) < 4.78 is 31.4. The second kappa shape index (κ2) is 6.18. The van der Waals surface area contributed by atoms with Gasteiger partial charge in [-0.3, -0.25) is 0 Å². The monoisotopic (exact) mass is 265 g/mol. The average molecular weight is 265 g/mol. The predicted molar refractivity (Wildman–Crippen MR) is 62.7 cm³/mol. The molecule has 8 heteroatoms. The van der Waals surface area contributed by atoms with E-state index in [2.05, 4.69) is 14.8 Å². The smallest absolute Gasteiger partial charge is 0.421 e. The molecule has 0 bridgehead atoms. The number of carbonyl (C=O) groups excluding carboxylic acids is 1. The van der Waals surface area contributed by atoms with Crippen molar-refractivity contribution in [3.05, 3.63) is 0 Å². The maximum atomic E-state index is 11.5. The van der Waals surface area contributed by atoms with Gasteiger partial charge in [0.25, 0.3) is 0 Å². The fraction of sp³-hybridized carbons (Fsp3) is 0.889. The van der Waals surface area contributed by atoms with Crippen LogP contribution in [0.5, 0.6) is 0 Å². The summed E-state index contributed by atoms with van der Waals surface area (Å²) in [5.74, 6) is 0. The van der Waals surface area contributed by atoms with Crippen molar-refractivity contribution < 1.29 is 17.9 Å². The zero-order chi connectivity index (χ0) is 12.9. The summed E-state index contributed by atoms with van der Waals surface area (Å²) >= 11 is 0. The molecule has 0 aromatic heterocycles. The first-order chi connectivity index (χ1) is 7.96. The van der Waals surface area contributed by atoms with Crippen LogP contribution in [-0.4, -0.2) is 40.8 Å². The molecule has 1 saturated carbocycles. The second-order valence-corrected chi connectivity index (χ2v) is 5.50. The Balaban J connectivity index is 2.41. The summed E-state index contributed by atoms with van der Waals surface area (Å²) in [4.78, 5) is 10.8. The van der Waals surface area contributed by atoms with Crippen molar-refractivity contribution in [3.63, 3.8) is 0 Å². The van der Waals surface area contributed by atoms with Crippen LogP contribution < -0.4 is 14.8 Å². The van der Waals surface area contributed by atoms with Gasteiger partial charge in [0.2, 0.25) is 0 Å². The molecular formula is C9H19N3O4S. The molecule has 17 heavy (non-hydrogen) atoms. The largest absolute Gasteiger partial charge is 0.452 e. The lowest BCUT2D eigenvalue weighted by molar-refractivity contribution is 0.177. The van der Waals surface area contributed by atoms with E-state index >= 15 is 0 Å². The van der Waals surface area contributed by atoms with Crippen molar-refractivity contribution in [2.45, 2.75) is 37.8 Å². The standard InChI is InChI=1S/C9H19N3O4S/c1-10-7-3-5-8(6-4-7)11-17(14,15)12-9(13)16-2/h7-8,10-11H,3-6H2,1-2H3,(H,12,13). The molecule has 0 atom stereocenters. The summed E-state index contributed by atoms with van der Waals surface area (Å²) in [5, 5.41) is 3.16. The molecule has 0 unspecified atom stereocenters. The number of rotatable bonds is 4. The van der Waals surface area contributed by atoms with Crippen molar-refractivity contribution in [3.8, 4) is 0 Å². The number of hydrogen-bond acceptors (Lipinski definition) is 5. The van der Waals surface area contributed by atoms with Gasteiger partial charge in [0.1, 0.15) is 0 Å². The van der Waals surface area contributed by atoms with E-state index in [1.165, 1.54) is 0 Å². The van der Waals surface area contributed by atoms with Gasteiger partial charge in [-0.25, -0.2) is 9.52 Å². The number of ether oxygens (including phenoxy) is 1. The first-order valence-corrected chi connectivity index (χ1v) is 7.00. The van der Waals surface area contributed by atoms with Crippen LogP contribution in [0, 0.1) is 0 Å². The lowest BCUT2D eigenvalue weighted by Gasteiger charge is -2.28.